The molecule has 4 heterocycles. The molecular weight excluding hydrogens is 418 g/mol. The number of rotatable bonds is 3. The van der Waals surface area contributed by atoms with Crippen molar-refractivity contribution in [3.63, 3.8) is 0 Å². The first kappa shape index (κ1) is 20.2. The van der Waals surface area contributed by atoms with E-state index in [1.54, 1.807) is 10.6 Å². The first-order valence-electron chi connectivity index (χ1n) is 9.21. The normalized spacial score (nSPS) is 14.7. The van der Waals surface area contributed by atoms with Gasteiger partial charge in [0.2, 0.25) is 5.82 Å². The Hall–Kier alpha value is -3.11. The molecule has 2 N–H and O–H groups in total. The molecule has 1 aliphatic heterocycles. The van der Waals surface area contributed by atoms with E-state index in [-0.39, 0.29) is 41.2 Å². The zero-order chi connectivity index (χ0) is 20.0. The molecule has 5 rings (SSSR count). The number of hydrogen-bond acceptors (Lipinski definition) is 6. The molecule has 3 aromatic heterocycles. The number of benzene rings is 1. The second kappa shape index (κ2) is 7.96. The van der Waals surface area contributed by atoms with Crippen molar-refractivity contribution < 1.29 is 13.3 Å². The van der Waals surface area contributed by atoms with Crippen molar-refractivity contribution in [3.8, 4) is 22.8 Å². The third-order valence-corrected chi connectivity index (χ3v) is 5.12. The van der Waals surface area contributed by atoms with Crippen molar-refractivity contribution in [1.29, 1.82) is 0 Å². The third kappa shape index (κ3) is 3.48. The minimum Gasteiger partial charge on any atom is -0.333 e. The van der Waals surface area contributed by atoms with Gasteiger partial charge in [-0.25, -0.2) is 13.3 Å². The summed E-state index contributed by atoms with van der Waals surface area (Å²) in [6.45, 7) is 1.76. The van der Waals surface area contributed by atoms with Crippen molar-refractivity contribution in [2.75, 3.05) is 13.1 Å². The van der Waals surface area contributed by atoms with Gasteiger partial charge < -0.3 is 14.8 Å². The van der Waals surface area contributed by atoms with Gasteiger partial charge in [-0.1, -0.05) is 5.16 Å². The standard InChI is InChI=1S/C19H16F2N6O2.ClH/c20-11-1-2-12(14(21)7-11)17-25-19(29-26-17)13-9-23-27-15(8-16(28)24-18(13)27)10-3-5-22-6-4-10;/h1-2,7-10,22H,3-6H2,(H,24,28);1H. The number of hydrogen-bond donors (Lipinski definition) is 2. The molecule has 0 radical (unpaired) electrons. The Morgan fingerprint density at radius 1 is 1.13 bits per heavy atom. The van der Waals surface area contributed by atoms with Crippen LogP contribution in [0.25, 0.3) is 28.5 Å². The number of piperidine rings is 1. The Balaban J connectivity index is 0.00000218. The summed E-state index contributed by atoms with van der Waals surface area (Å²) in [4.78, 5) is 19.2. The number of aromatic amines is 1. The Bertz CT molecular complexity index is 1260. The summed E-state index contributed by atoms with van der Waals surface area (Å²) in [5, 5.41) is 11.5. The van der Waals surface area contributed by atoms with Gasteiger partial charge in [0.25, 0.3) is 11.4 Å². The summed E-state index contributed by atoms with van der Waals surface area (Å²) in [6, 6.07) is 4.68. The van der Waals surface area contributed by atoms with Gasteiger partial charge in [0, 0.05) is 18.1 Å². The van der Waals surface area contributed by atoms with Crippen molar-refractivity contribution >= 4 is 18.1 Å². The monoisotopic (exact) mass is 434 g/mol. The minimum atomic E-state index is -0.793. The number of aromatic nitrogens is 5. The van der Waals surface area contributed by atoms with E-state index in [0.29, 0.717) is 11.2 Å². The van der Waals surface area contributed by atoms with Crippen LogP contribution in [0.3, 0.4) is 0 Å². The average Bonchev–Trinajstić information content (AvgIpc) is 3.35. The highest BCUT2D eigenvalue weighted by molar-refractivity contribution is 5.85. The predicted molar refractivity (Wildman–Crippen MR) is 107 cm³/mol. The molecule has 1 aliphatic rings. The molecule has 0 amide bonds. The Morgan fingerprint density at radius 2 is 1.93 bits per heavy atom. The number of fused-ring (bicyclic) bond motifs is 1. The summed E-state index contributed by atoms with van der Waals surface area (Å²) in [6.07, 6.45) is 3.33. The van der Waals surface area contributed by atoms with Gasteiger partial charge in [0.1, 0.15) is 22.8 Å². The highest BCUT2D eigenvalue weighted by Gasteiger charge is 2.23. The molecule has 0 saturated carbocycles. The van der Waals surface area contributed by atoms with Crippen LogP contribution in [0, 0.1) is 11.6 Å². The molecule has 1 fully saturated rings. The largest absolute Gasteiger partial charge is 0.333 e. The Kier molecular flexibility index (Phi) is 5.35. The number of H-pyrrole nitrogens is 1. The van der Waals surface area contributed by atoms with Crippen molar-refractivity contribution in [2.24, 2.45) is 0 Å². The van der Waals surface area contributed by atoms with Crippen LogP contribution in [0.1, 0.15) is 24.5 Å². The molecule has 0 atom stereocenters. The van der Waals surface area contributed by atoms with Crippen molar-refractivity contribution in [1.82, 2.24) is 30.1 Å². The molecule has 0 unspecified atom stereocenters. The van der Waals surface area contributed by atoms with Gasteiger partial charge in [0.15, 0.2) is 0 Å². The quantitative estimate of drug-likeness (QED) is 0.514. The van der Waals surface area contributed by atoms with E-state index >= 15 is 0 Å². The van der Waals surface area contributed by atoms with Crippen LogP contribution >= 0.6 is 12.4 Å². The summed E-state index contributed by atoms with van der Waals surface area (Å²) in [7, 11) is 0. The molecule has 11 heteroatoms. The smallest absolute Gasteiger partial charge is 0.263 e. The van der Waals surface area contributed by atoms with Gasteiger partial charge >= 0.3 is 0 Å². The van der Waals surface area contributed by atoms with Gasteiger partial charge in [-0.15, -0.1) is 12.4 Å². The van der Waals surface area contributed by atoms with Gasteiger partial charge in [-0.05, 0) is 38.1 Å². The van der Waals surface area contributed by atoms with Crippen LogP contribution < -0.4 is 10.9 Å². The Labute approximate surface area is 174 Å². The predicted octanol–water partition coefficient (Wildman–Crippen LogP) is 2.91. The second-order valence-corrected chi connectivity index (χ2v) is 6.95. The fourth-order valence-electron chi connectivity index (χ4n) is 3.69. The third-order valence-electron chi connectivity index (χ3n) is 5.12. The number of nitrogens with zero attached hydrogens (tertiary/aromatic N) is 4. The Morgan fingerprint density at radius 3 is 2.70 bits per heavy atom. The van der Waals surface area contributed by atoms with E-state index in [2.05, 4.69) is 25.5 Å². The lowest BCUT2D eigenvalue weighted by Crippen LogP contribution is -2.28. The lowest BCUT2D eigenvalue weighted by Gasteiger charge is -2.23. The second-order valence-electron chi connectivity index (χ2n) is 6.95. The molecule has 4 aromatic rings. The SMILES string of the molecule is Cl.O=c1cc(C2CCNCC2)n2ncc(-c3nc(-c4ccc(F)cc4F)no3)c2[nH]1. The molecule has 8 nitrogen and oxygen atoms in total. The topological polar surface area (TPSA) is 101 Å². The molecule has 1 aromatic carbocycles. The van der Waals surface area contributed by atoms with Crippen molar-refractivity contribution in [3.05, 3.63) is 58.1 Å². The van der Waals surface area contributed by atoms with E-state index in [1.807, 2.05) is 0 Å². The van der Waals surface area contributed by atoms with Gasteiger partial charge in [0.05, 0.1) is 17.5 Å². The van der Waals surface area contributed by atoms with Crippen LogP contribution in [0.5, 0.6) is 0 Å². The molecule has 0 aliphatic carbocycles. The van der Waals surface area contributed by atoms with Crippen LogP contribution in [-0.2, 0) is 0 Å². The molecule has 156 valence electrons. The van der Waals surface area contributed by atoms with Crippen LogP contribution in [-0.4, -0.2) is 37.8 Å². The first-order valence-corrected chi connectivity index (χ1v) is 9.21. The van der Waals surface area contributed by atoms with Crippen LogP contribution in [0.4, 0.5) is 8.78 Å². The first-order chi connectivity index (χ1) is 14.1. The number of nitrogens with one attached hydrogen (secondary N) is 2. The fourth-order valence-corrected chi connectivity index (χ4v) is 3.69. The average molecular weight is 435 g/mol. The van der Waals surface area contributed by atoms with E-state index in [0.717, 1.165) is 43.8 Å². The molecule has 30 heavy (non-hydrogen) atoms. The number of halogens is 3. The molecular formula is C19H17ClF2N6O2. The maximum atomic E-state index is 14.0. The maximum Gasteiger partial charge on any atom is 0.263 e. The summed E-state index contributed by atoms with van der Waals surface area (Å²) in [5.74, 6) is -1.22. The zero-order valence-electron chi connectivity index (χ0n) is 15.6. The maximum absolute atomic E-state index is 14.0. The van der Waals surface area contributed by atoms with E-state index < -0.39 is 11.6 Å². The zero-order valence-corrected chi connectivity index (χ0v) is 16.4. The van der Waals surface area contributed by atoms with E-state index in [1.165, 1.54) is 12.3 Å². The van der Waals surface area contributed by atoms with E-state index in [4.69, 9.17) is 4.52 Å². The summed E-state index contributed by atoms with van der Waals surface area (Å²) < 4.78 is 34.1. The summed E-state index contributed by atoms with van der Waals surface area (Å²) >= 11 is 0. The molecule has 0 spiro atoms. The van der Waals surface area contributed by atoms with Crippen LogP contribution in [0.15, 0.2) is 39.8 Å². The van der Waals surface area contributed by atoms with Crippen molar-refractivity contribution in [2.45, 2.75) is 18.8 Å². The molecule has 1 saturated heterocycles. The van der Waals surface area contributed by atoms with E-state index in [9.17, 15) is 13.6 Å². The van der Waals surface area contributed by atoms with Gasteiger partial charge in [-0.3, -0.25) is 4.79 Å². The minimum absolute atomic E-state index is 0. The fraction of sp³-hybridized carbons (Fsp3) is 0.263. The summed E-state index contributed by atoms with van der Waals surface area (Å²) in [5.41, 5.74) is 1.44. The molecule has 0 bridgehead atoms. The highest BCUT2D eigenvalue weighted by Crippen LogP contribution is 2.29. The lowest BCUT2D eigenvalue weighted by molar-refractivity contribution is 0.432. The highest BCUT2D eigenvalue weighted by atomic mass is 35.5. The lowest BCUT2D eigenvalue weighted by atomic mass is 9.94. The van der Waals surface area contributed by atoms with Crippen LogP contribution in [0.2, 0.25) is 0 Å². The van der Waals surface area contributed by atoms with Gasteiger partial charge in [-0.2, -0.15) is 10.1 Å².